The quantitative estimate of drug-likeness (QED) is 0.720. The molecule has 0 atom stereocenters. The average Bonchev–Trinajstić information content (AvgIpc) is 3.05. The van der Waals surface area contributed by atoms with Crippen LogP contribution in [0.5, 0.6) is 11.6 Å². The molecule has 0 aliphatic heterocycles. The van der Waals surface area contributed by atoms with Crippen LogP contribution in [0.1, 0.15) is 6.92 Å². The fraction of sp³-hybridized carbons (Fsp3) is 0.188. The summed E-state index contributed by atoms with van der Waals surface area (Å²) in [5, 5.41) is 8.18. The number of rotatable bonds is 5. The van der Waals surface area contributed by atoms with Crippen molar-refractivity contribution in [2.75, 3.05) is 13.7 Å². The van der Waals surface area contributed by atoms with E-state index in [1.807, 2.05) is 37.3 Å². The third-order valence-electron chi connectivity index (χ3n) is 3.05. The van der Waals surface area contributed by atoms with E-state index in [4.69, 9.17) is 13.9 Å². The number of para-hydroxylation sites is 1. The third-order valence-corrected chi connectivity index (χ3v) is 3.05. The van der Waals surface area contributed by atoms with Gasteiger partial charge in [0.2, 0.25) is 5.88 Å². The molecule has 0 N–H and O–H groups in total. The summed E-state index contributed by atoms with van der Waals surface area (Å²) < 4.78 is 16.6. The molecule has 1 aromatic carbocycles. The second kappa shape index (κ2) is 6.26. The van der Waals surface area contributed by atoms with Crippen LogP contribution in [0.15, 0.2) is 47.0 Å². The molecule has 0 saturated carbocycles. The fourth-order valence-corrected chi connectivity index (χ4v) is 2.07. The summed E-state index contributed by atoms with van der Waals surface area (Å²) in [7, 11) is 1.60. The Morgan fingerprint density at radius 2 is 1.73 bits per heavy atom. The molecular formula is C16H15N3O3. The van der Waals surface area contributed by atoms with Crippen molar-refractivity contribution in [1.29, 1.82) is 0 Å². The number of pyridine rings is 1. The Kier molecular flexibility index (Phi) is 4.00. The van der Waals surface area contributed by atoms with Crippen molar-refractivity contribution in [3.05, 3.63) is 42.6 Å². The maximum absolute atomic E-state index is 5.76. The van der Waals surface area contributed by atoms with E-state index in [-0.39, 0.29) is 0 Å². The molecule has 6 heteroatoms. The second-order valence-corrected chi connectivity index (χ2v) is 4.40. The highest BCUT2D eigenvalue weighted by atomic mass is 16.5. The minimum atomic E-state index is 0.359. The largest absolute Gasteiger partial charge is 0.496 e. The number of aromatic nitrogens is 3. The van der Waals surface area contributed by atoms with Gasteiger partial charge in [0.25, 0.3) is 11.8 Å². The molecule has 0 radical (unpaired) electrons. The molecule has 2 heterocycles. The number of hydrogen-bond donors (Lipinski definition) is 0. The summed E-state index contributed by atoms with van der Waals surface area (Å²) in [4.78, 5) is 4.19. The standard InChI is InChI=1S/C16H15N3O3/c1-3-21-14-12(8-6-10-17-14)16-19-18-15(22-16)11-7-4-5-9-13(11)20-2/h4-10H,3H2,1-2H3. The molecule has 0 aliphatic rings. The van der Waals surface area contributed by atoms with Gasteiger partial charge in [-0.3, -0.25) is 0 Å². The molecule has 112 valence electrons. The lowest BCUT2D eigenvalue weighted by Gasteiger charge is -2.05. The van der Waals surface area contributed by atoms with E-state index in [0.29, 0.717) is 35.6 Å². The Morgan fingerprint density at radius 3 is 2.50 bits per heavy atom. The molecule has 0 saturated heterocycles. The molecule has 3 aromatic rings. The Labute approximate surface area is 127 Å². The molecule has 0 bridgehead atoms. The van der Waals surface area contributed by atoms with Gasteiger partial charge in [-0.05, 0) is 31.2 Å². The van der Waals surface area contributed by atoms with Crippen molar-refractivity contribution >= 4 is 0 Å². The molecule has 0 aliphatic carbocycles. The molecule has 3 rings (SSSR count). The zero-order valence-corrected chi connectivity index (χ0v) is 12.3. The summed E-state index contributed by atoms with van der Waals surface area (Å²) in [6.07, 6.45) is 1.66. The van der Waals surface area contributed by atoms with E-state index >= 15 is 0 Å². The predicted octanol–water partition coefficient (Wildman–Crippen LogP) is 3.21. The molecule has 22 heavy (non-hydrogen) atoms. The molecule has 6 nitrogen and oxygen atoms in total. The summed E-state index contributed by atoms with van der Waals surface area (Å²) in [6.45, 7) is 2.41. The van der Waals surface area contributed by atoms with E-state index in [1.54, 1.807) is 19.4 Å². The molecule has 0 fully saturated rings. The molecular weight excluding hydrogens is 282 g/mol. The van der Waals surface area contributed by atoms with Crippen molar-refractivity contribution in [1.82, 2.24) is 15.2 Å². The first kappa shape index (κ1) is 14.1. The van der Waals surface area contributed by atoms with Gasteiger partial charge in [-0.25, -0.2) is 4.98 Å². The highest BCUT2D eigenvalue weighted by Gasteiger charge is 2.17. The lowest BCUT2D eigenvalue weighted by Crippen LogP contribution is -1.96. The van der Waals surface area contributed by atoms with Gasteiger partial charge in [0.05, 0.1) is 19.3 Å². The highest BCUT2D eigenvalue weighted by Crippen LogP contribution is 2.32. The van der Waals surface area contributed by atoms with Gasteiger partial charge < -0.3 is 13.9 Å². The molecule has 2 aromatic heterocycles. The fourth-order valence-electron chi connectivity index (χ4n) is 2.07. The van der Waals surface area contributed by atoms with Gasteiger partial charge >= 0.3 is 0 Å². The summed E-state index contributed by atoms with van der Waals surface area (Å²) in [5.74, 6) is 1.89. The van der Waals surface area contributed by atoms with Crippen molar-refractivity contribution in [2.45, 2.75) is 6.92 Å². The first-order chi connectivity index (χ1) is 10.8. The van der Waals surface area contributed by atoms with Crippen LogP contribution >= 0.6 is 0 Å². The van der Waals surface area contributed by atoms with E-state index in [0.717, 1.165) is 5.56 Å². The van der Waals surface area contributed by atoms with Gasteiger partial charge in [-0.2, -0.15) is 0 Å². The average molecular weight is 297 g/mol. The number of methoxy groups -OCH3 is 1. The Morgan fingerprint density at radius 1 is 1.00 bits per heavy atom. The predicted molar refractivity (Wildman–Crippen MR) is 80.7 cm³/mol. The summed E-state index contributed by atoms with van der Waals surface area (Å²) >= 11 is 0. The number of benzene rings is 1. The van der Waals surface area contributed by atoms with Gasteiger partial charge in [0.1, 0.15) is 11.3 Å². The van der Waals surface area contributed by atoms with Crippen LogP contribution in [-0.2, 0) is 0 Å². The van der Waals surface area contributed by atoms with Crippen LogP contribution in [0.2, 0.25) is 0 Å². The van der Waals surface area contributed by atoms with Gasteiger partial charge in [0.15, 0.2) is 0 Å². The Hall–Kier alpha value is -2.89. The van der Waals surface area contributed by atoms with Crippen molar-refractivity contribution in [2.24, 2.45) is 0 Å². The first-order valence-corrected chi connectivity index (χ1v) is 6.88. The van der Waals surface area contributed by atoms with Crippen molar-refractivity contribution in [3.8, 4) is 34.5 Å². The lowest BCUT2D eigenvalue weighted by molar-refractivity contribution is 0.327. The first-order valence-electron chi connectivity index (χ1n) is 6.88. The zero-order chi connectivity index (χ0) is 15.4. The SMILES string of the molecule is CCOc1ncccc1-c1nnc(-c2ccccc2OC)o1. The smallest absolute Gasteiger partial charge is 0.253 e. The van der Waals surface area contributed by atoms with Crippen LogP contribution in [0, 0.1) is 0 Å². The minimum Gasteiger partial charge on any atom is -0.496 e. The van der Waals surface area contributed by atoms with Crippen LogP contribution in [0.25, 0.3) is 22.9 Å². The molecule has 0 amide bonds. The highest BCUT2D eigenvalue weighted by molar-refractivity contribution is 5.65. The normalized spacial score (nSPS) is 10.5. The maximum Gasteiger partial charge on any atom is 0.253 e. The van der Waals surface area contributed by atoms with Gasteiger partial charge in [0, 0.05) is 6.20 Å². The minimum absolute atomic E-state index is 0.359. The van der Waals surface area contributed by atoms with Crippen LogP contribution in [0.3, 0.4) is 0 Å². The van der Waals surface area contributed by atoms with Crippen LogP contribution in [-0.4, -0.2) is 28.9 Å². The van der Waals surface area contributed by atoms with Crippen LogP contribution < -0.4 is 9.47 Å². The third kappa shape index (κ3) is 2.63. The summed E-state index contributed by atoms with van der Waals surface area (Å²) in [5.41, 5.74) is 1.41. The topological polar surface area (TPSA) is 70.3 Å². The van der Waals surface area contributed by atoms with E-state index < -0.39 is 0 Å². The van der Waals surface area contributed by atoms with E-state index in [1.165, 1.54) is 0 Å². The van der Waals surface area contributed by atoms with Gasteiger partial charge in [-0.1, -0.05) is 12.1 Å². The molecule has 0 spiro atoms. The summed E-state index contributed by atoms with van der Waals surface area (Å²) in [6, 6.07) is 11.1. The lowest BCUT2D eigenvalue weighted by atomic mass is 10.2. The van der Waals surface area contributed by atoms with Crippen molar-refractivity contribution < 1.29 is 13.9 Å². The number of hydrogen-bond acceptors (Lipinski definition) is 6. The maximum atomic E-state index is 5.76. The van der Waals surface area contributed by atoms with Crippen LogP contribution in [0.4, 0.5) is 0 Å². The number of ether oxygens (including phenoxy) is 2. The molecule has 0 unspecified atom stereocenters. The van der Waals surface area contributed by atoms with E-state index in [9.17, 15) is 0 Å². The van der Waals surface area contributed by atoms with E-state index in [2.05, 4.69) is 15.2 Å². The van der Waals surface area contributed by atoms with Crippen molar-refractivity contribution in [3.63, 3.8) is 0 Å². The van der Waals surface area contributed by atoms with Gasteiger partial charge in [-0.15, -0.1) is 10.2 Å². The Bertz CT molecular complexity index is 771. The second-order valence-electron chi connectivity index (χ2n) is 4.40. The zero-order valence-electron chi connectivity index (χ0n) is 12.3. The Balaban J connectivity index is 2.01. The monoisotopic (exact) mass is 297 g/mol. The number of nitrogens with zero attached hydrogens (tertiary/aromatic N) is 3.